The van der Waals surface area contributed by atoms with Crippen molar-refractivity contribution in [2.24, 2.45) is 0 Å². The minimum absolute atomic E-state index is 0.305. The molecule has 0 aliphatic heterocycles. The smallest absolute Gasteiger partial charge is 0.411 e. The van der Waals surface area contributed by atoms with Crippen LogP contribution in [-0.4, -0.2) is 12.7 Å². The summed E-state index contributed by atoms with van der Waals surface area (Å²) >= 11 is 0. The molecule has 0 bridgehead atoms. The quantitative estimate of drug-likeness (QED) is 0.804. The number of rotatable bonds is 2. The summed E-state index contributed by atoms with van der Waals surface area (Å²) < 4.78 is 4.73. The molecule has 0 atom stereocenters. The lowest BCUT2D eigenvalue weighted by molar-refractivity contribution is 0.168. The van der Waals surface area contributed by atoms with Crippen molar-refractivity contribution in [1.82, 2.24) is 0 Å². The molecule has 1 rings (SSSR count). The standard InChI is InChI=1S/C11H12N2O2/c1-3-15-11(14)13-10-6-8(2)4-5-9(10)7-12/h4-6H,3H2,1-2H3,(H,13,14). The molecule has 0 spiro atoms. The highest BCUT2D eigenvalue weighted by atomic mass is 16.5. The second-order valence-electron chi connectivity index (χ2n) is 3.01. The molecule has 0 saturated heterocycles. The van der Waals surface area contributed by atoms with Crippen LogP contribution in [0.4, 0.5) is 10.5 Å². The maximum atomic E-state index is 11.1. The third-order valence-electron chi connectivity index (χ3n) is 1.81. The van der Waals surface area contributed by atoms with Gasteiger partial charge in [-0.25, -0.2) is 4.79 Å². The lowest BCUT2D eigenvalue weighted by Gasteiger charge is -2.07. The SMILES string of the molecule is CCOC(=O)Nc1cc(C)ccc1C#N. The van der Waals surface area contributed by atoms with Crippen LogP contribution in [0.2, 0.25) is 0 Å². The van der Waals surface area contributed by atoms with E-state index in [9.17, 15) is 4.79 Å². The zero-order chi connectivity index (χ0) is 11.3. The van der Waals surface area contributed by atoms with Crippen molar-refractivity contribution >= 4 is 11.8 Å². The van der Waals surface area contributed by atoms with Gasteiger partial charge in [-0.2, -0.15) is 5.26 Å². The molecule has 0 saturated carbocycles. The van der Waals surface area contributed by atoms with E-state index in [1.54, 1.807) is 19.1 Å². The molecule has 0 aromatic heterocycles. The molecule has 4 heteroatoms. The Morgan fingerprint density at radius 1 is 1.60 bits per heavy atom. The molecule has 0 heterocycles. The van der Waals surface area contributed by atoms with Gasteiger partial charge in [-0.15, -0.1) is 0 Å². The van der Waals surface area contributed by atoms with Gasteiger partial charge in [0.15, 0.2) is 0 Å². The fourth-order valence-corrected chi connectivity index (χ4v) is 1.14. The predicted octanol–water partition coefficient (Wildman–Crippen LogP) is 2.44. The molecule has 4 nitrogen and oxygen atoms in total. The number of anilines is 1. The van der Waals surface area contributed by atoms with Crippen LogP contribution in [0.25, 0.3) is 0 Å². The van der Waals surface area contributed by atoms with E-state index in [-0.39, 0.29) is 0 Å². The van der Waals surface area contributed by atoms with Crippen molar-refractivity contribution < 1.29 is 9.53 Å². The van der Waals surface area contributed by atoms with Crippen LogP contribution in [0.3, 0.4) is 0 Å². The number of hydrogen-bond acceptors (Lipinski definition) is 3. The zero-order valence-electron chi connectivity index (χ0n) is 8.70. The van der Waals surface area contributed by atoms with Gasteiger partial charge in [0.2, 0.25) is 0 Å². The van der Waals surface area contributed by atoms with Crippen molar-refractivity contribution in [2.45, 2.75) is 13.8 Å². The average molecular weight is 204 g/mol. The Morgan fingerprint density at radius 2 is 2.33 bits per heavy atom. The van der Waals surface area contributed by atoms with Crippen molar-refractivity contribution in [3.63, 3.8) is 0 Å². The molecular weight excluding hydrogens is 192 g/mol. The minimum Gasteiger partial charge on any atom is -0.450 e. The van der Waals surface area contributed by atoms with Crippen LogP contribution in [0.15, 0.2) is 18.2 Å². The molecule has 0 fully saturated rings. The first kappa shape index (κ1) is 11.1. The molecule has 0 aliphatic carbocycles. The zero-order valence-corrected chi connectivity index (χ0v) is 8.70. The van der Waals surface area contributed by atoms with Gasteiger partial charge in [0.25, 0.3) is 0 Å². The first-order valence-electron chi connectivity index (χ1n) is 4.62. The van der Waals surface area contributed by atoms with E-state index in [1.165, 1.54) is 0 Å². The molecule has 0 radical (unpaired) electrons. The molecule has 1 aromatic rings. The largest absolute Gasteiger partial charge is 0.450 e. The van der Waals surface area contributed by atoms with E-state index >= 15 is 0 Å². The Labute approximate surface area is 88.5 Å². The van der Waals surface area contributed by atoms with Gasteiger partial charge in [0.1, 0.15) is 6.07 Å². The van der Waals surface area contributed by atoms with E-state index < -0.39 is 6.09 Å². The number of hydrogen-bond donors (Lipinski definition) is 1. The van der Waals surface area contributed by atoms with Gasteiger partial charge in [-0.1, -0.05) is 6.07 Å². The van der Waals surface area contributed by atoms with E-state index in [0.717, 1.165) is 5.56 Å². The molecule has 1 amide bonds. The van der Waals surface area contributed by atoms with Crippen molar-refractivity contribution in [2.75, 3.05) is 11.9 Å². The third-order valence-corrected chi connectivity index (χ3v) is 1.81. The van der Waals surface area contributed by atoms with Gasteiger partial charge in [-0.05, 0) is 31.5 Å². The lowest BCUT2D eigenvalue weighted by atomic mass is 10.1. The van der Waals surface area contributed by atoms with Gasteiger partial charge < -0.3 is 4.74 Å². The number of nitrogens with zero attached hydrogens (tertiary/aromatic N) is 1. The first-order valence-corrected chi connectivity index (χ1v) is 4.62. The van der Waals surface area contributed by atoms with Crippen LogP contribution < -0.4 is 5.32 Å². The number of carbonyl (C=O) groups is 1. The van der Waals surface area contributed by atoms with Gasteiger partial charge in [0, 0.05) is 0 Å². The van der Waals surface area contributed by atoms with Gasteiger partial charge in [0.05, 0.1) is 17.9 Å². The van der Waals surface area contributed by atoms with Crippen LogP contribution >= 0.6 is 0 Å². The third kappa shape index (κ3) is 2.99. The maximum absolute atomic E-state index is 11.1. The van der Waals surface area contributed by atoms with E-state index in [1.807, 2.05) is 19.1 Å². The number of aryl methyl sites for hydroxylation is 1. The fraction of sp³-hybridized carbons (Fsp3) is 0.273. The summed E-state index contributed by atoms with van der Waals surface area (Å²) in [5, 5.41) is 11.3. The van der Waals surface area contributed by atoms with Crippen molar-refractivity contribution in [1.29, 1.82) is 5.26 Å². The summed E-state index contributed by atoms with van der Waals surface area (Å²) in [7, 11) is 0. The summed E-state index contributed by atoms with van der Waals surface area (Å²) in [6.07, 6.45) is -0.542. The number of amides is 1. The van der Waals surface area contributed by atoms with Crippen LogP contribution in [0.1, 0.15) is 18.1 Å². The van der Waals surface area contributed by atoms with E-state index in [4.69, 9.17) is 10.00 Å². The lowest BCUT2D eigenvalue weighted by Crippen LogP contribution is -2.14. The first-order chi connectivity index (χ1) is 7.17. The second-order valence-corrected chi connectivity index (χ2v) is 3.01. The Balaban J connectivity index is 2.88. The van der Waals surface area contributed by atoms with Crippen LogP contribution in [0.5, 0.6) is 0 Å². The van der Waals surface area contributed by atoms with Gasteiger partial charge in [-0.3, -0.25) is 5.32 Å². The monoisotopic (exact) mass is 204 g/mol. The second kappa shape index (κ2) is 5.01. The molecular formula is C11H12N2O2. The summed E-state index contributed by atoms with van der Waals surface area (Å²) in [6.45, 7) is 3.91. The molecule has 15 heavy (non-hydrogen) atoms. The minimum atomic E-state index is -0.542. The Hall–Kier alpha value is -2.02. The summed E-state index contributed by atoms with van der Waals surface area (Å²) in [5.41, 5.74) is 1.88. The van der Waals surface area contributed by atoms with Crippen molar-refractivity contribution in [3.8, 4) is 6.07 Å². The van der Waals surface area contributed by atoms with E-state index in [0.29, 0.717) is 17.9 Å². The van der Waals surface area contributed by atoms with E-state index in [2.05, 4.69) is 5.32 Å². The number of nitrogens with one attached hydrogen (secondary N) is 1. The van der Waals surface area contributed by atoms with Crippen LogP contribution in [0, 0.1) is 18.3 Å². The summed E-state index contributed by atoms with van der Waals surface area (Å²) in [4.78, 5) is 11.1. The maximum Gasteiger partial charge on any atom is 0.411 e. The highest BCUT2D eigenvalue weighted by Gasteiger charge is 2.06. The fourth-order valence-electron chi connectivity index (χ4n) is 1.14. The molecule has 1 N–H and O–H groups in total. The molecule has 0 unspecified atom stereocenters. The molecule has 0 aliphatic rings. The molecule has 1 aromatic carbocycles. The van der Waals surface area contributed by atoms with Crippen molar-refractivity contribution in [3.05, 3.63) is 29.3 Å². The number of ether oxygens (including phenoxy) is 1. The highest BCUT2D eigenvalue weighted by Crippen LogP contribution is 2.16. The number of benzene rings is 1. The topological polar surface area (TPSA) is 62.1 Å². The van der Waals surface area contributed by atoms with Crippen LogP contribution in [-0.2, 0) is 4.74 Å². The Morgan fingerprint density at radius 3 is 2.93 bits per heavy atom. The Kier molecular flexibility index (Phi) is 3.69. The Bertz CT molecular complexity index is 408. The summed E-state index contributed by atoms with van der Waals surface area (Å²) in [5.74, 6) is 0. The van der Waals surface area contributed by atoms with Gasteiger partial charge >= 0.3 is 6.09 Å². The molecule has 78 valence electrons. The number of nitriles is 1. The normalized spacial score (nSPS) is 9.13. The number of carbonyl (C=O) groups excluding carboxylic acids is 1. The predicted molar refractivity (Wildman–Crippen MR) is 56.5 cm³/mol. The highest BCUT2D eigenvalue weighted by molar-refractivity contribution is 5.86. The summed E-state index contributed by atoms with van der Waals surface area (Å²) in [6, 6.07) is 7.21. The average Bonchev–Trinajstić information content (AvgIpc) is 2.18.